The van der Waals surface area contributed by atoms with E-state index in [1.54, 1.807) is 0 Å². The summed E-state index contributed by atoms with van der Waals surface area (Å²) in [4.78, 5) is 12.3. The van der Waals surface area contributed by atoms with Crippen molar-refractivity contribution in [2.24, 2.45) is 0 Å². The normalized spacial score (nSPS) is 10.7. The minimum atomic E-state index is 0.0821. The van der Waals surface area contributed by atoms with E-state index >= 15 is 0 Å². The van der Waals surface area contributed by atoms with E-state index in [4.69, 9.17) is 4.74 Å². The van der Waals surface area contributed by atoms with Crippen molar-refractivity contribution in [2.45, 2.75) is 32.2 Å². The summed E-state index contributed by atoms with van der Waals surface area (Å²) in [6.07, 6.45) is 0. The van der Waals surface area contributed by atoms with Gasteiger partial charge < -0.3 is 9.30 Å². The summed E-state index contributed by atoms with van der Waals surface area (Å²) in [5.41, 5.74) is 1.90. The standard InChI is InChI=1S/C20H21N3O2S/c1-3-23-19(13-25-17-11-9-15(2)10-12-17)21-22-20(23)26-14-18(24)16-7-5-4-6-8-16/h4-12H,3,13-14H2,1-2H3. The lowest BCUT2D eigenvalue weighted by Crippen LogP contribution is -2.08. The van der Waals surface area contributed by atoms with Crippen LogP contribution < -0.4 is 4.74 Å². The molecule has 0 saturated carbocycles. The number of rotatable bonds is 8. The summed E-state index contributed by atoms with van der Waals surface area (Å²) < 4.78 is 7.78. The topological polar surface area (TPSA) is 57.0 Å². The molecule has 0 amide bonds. The summed E-state index contributed by atoms with van der Waals surface area (Å²) in [7, 11) is 0. The molecule has 0 radical (unpaired) electrons. The summed E-state index contributed by atoms with van der Waals surface area (Å²) >= 11 is 1.40. The molecular weight excluding hydrogens is 346 g/mol. The highest BCUT2D eigenvalue weighted by Crippen LogP contribution is 2.20. The van der Waals surface area contributed by atoms with E-state index in [0.29, 0.717) is 17.9 Å². The Labute approximate surface area is 157 Å². The summed E-state index contributed by atoms with van der Waals surface area (Å²) in [6.45, 7) is 5.14. The summed E-state index contributed by atoms with van der Waals surface area (Å²) in [6, 6.07) is 17.2. The molecule has 0 saturated heterocycles. The van der Waals surface area contributed by atoms with Crippen molar-refractivity contribution < 1.29 is 9.53 Å². The van der Waals surface area contributed by atoms with E-state index in [2.05, 4.69) is 10.2 Å². The summed E-state index contributed by atoms with van der Waals surface area (Å²) in [5.74, 6) is 1.97. The maximum absolute atomic E-state index is 12.3. The largest absolute Gasteiger partial charge is 0.486 e. The SMILES string of the molecule is CCn1c(COc2ccc(C)cc2)nnc1SCC(=O)c1ccccc1. The number of aryl methyl sites for hydroxylation is 1. The number of aromatic nitrogens is 3. The third kappa shape index (κ3) is 4.52. The molecule has 0 aliphatic rings. The van der Waals surface area contributed by atoms with Crippen LogP contribution in [0.1, 0.15) is 28.7 Å². The Morgan fingerprint density at radius 1 is 1.08 bits per heavy atom. The molecule has 6 heteroatoms. The molecule has 0 fully saturated rings. The van der Waals surface area contributed by atoms with Crippen LogP contribution in [0.4, 0.5) is 0 Å². The molecule has 0 aliphatic carbocycles. The van der Waals surface area contributed by atoms with E-state index in [1.807, 2.05) is 73.0 Å². The van der Waals surface area contributed by atoms with Crippen LogP contribution in [0.5, 0.6) is 5.75 Å². The molecule has 0 N–H and O–H groups in total. The van der Waals surface area contributed by atoms with Gasteiger partial charge in [-0.1, -0.05) is 59.8 Å². The van der Waals surface area contributed by atoms with Gasteiger partial charge in [0.25, 0.3) is 0 Å². The van der Waals surface area contributed by atoms with Gasteiger partial charge in [-0.15, -0.1) is 10.2 Å². The molecule has 3 aromatic rings. The second-order valence-corrected chi connectivity index (χ2v) is 6.77. The van der Waals surface area contributed by atoms with Gasteiger partial charge in [0.2, 0.25) is 0 Å². The first kappa shape index (κ1) is 18.2. The Kier molecular flexibility index (Phi) is 6.07. The zero-order valence-electron chi connectivity index (χ0n) is 14.9. The van der Waals surface area contributed by atoms with Gasteiger partial charge in [-0.25, -0.2) is 0 Å². The first-order valence-electron chi connectivity index (χ1n) is 8.50. The molecule has 134 valence electrons. The number of ketones is 1. The quantitative estimate of drug-likeness (QED) is 0.442. The van der Waals surface area contributed by atoms with Crippen molar-refractivity contribution >= 4 is 17.5 Å². The second-order valence-electron chi connectivity index (χ2n) is 5.82. The van der Waals surface area contributed by atoms with E-state index in [1.165, 1.54) is 17.3 Å². The Bertz CT molecular complexity index is 861. The lowest BCUT2D eigenvalue weighted by molar-refractivity contribution is 0.102. The zero-order chi connectivity index (χ0) is 18.4. The number of carbonyl (C=O) groups is 1. The Morgan fingerprint density at radius 3 is 2.50 bits per heavy atom. The number of ether oxygens (including phenoxy) is 1. The van der Waals surface area contributed by atoms with Crippen LogP contribution in [0.2, 0.25) is 0 Å². The molecule has 0 unspecified atom stereocenters. The van der Waals surface area contributed by atoms with Crippen LogP contribution in [0, 0.1) is 6.92 Å². The number of carbonyl (C=O) groups excluding carboxylic acids is 1. The van der Waals surface area contributed by atoms with Crippen LogP contribution in [-0.4, -0.2) is 26.3 Å². The Balaban J connectivity index is 1.62. The van der Waals surface area contributed by atoms with Crippen LogP contribution in [0.3, 0.4) is 0 Å². The fourth-order valence-electron chi connectivity index (χ4n) is 2.47. The highest BCUT2D eigenvalue weighted by atomic mass is 32.2. The smallest absolute Gasteiger partial charge is 0.191 e. The third-order valence-electron chi connectivity index (χ3n) is 3.93. The highest BCUT2D eigenvalue weighted by Gasteiger charge is 2.14. The molecule has 2 aromatic carbocycles. The van der Waals surface area contributed by atoms with Gasteiger partial charge in [-0.2, -0.15) is 0 Å². The molecule has 0 bridgehead atoms. The van der Waals surface area contributed by atoms with Crippen molar-refractivity contribution in [3.8, 4) is 5.75 Å². The predicted octanol–water partition coefficient (Wildman–Crippen LogP) is 4.16. The number of nitrogens with zero attached hydrogens (tertiary/aromatic N) is 3. The van der Waals surface area contributed by atoms with Crippen molar-refractivity contribution in [3.05, 3.63) is 71.5 Å². The van der Waals surface area contributed by atoms with Gasteiger partial charge >= 0.3 is 0 Å². The van der Waals surface area contributed by atoms with E-state index in [9.17, 15) is 4.79 Å². The average Bonchev–Trinajstić information content (AvgIpc) is 3.08. The van der Waals surface area contributed by atoms with Crippen LogP contribution in [0.15, 0.2) is 59.8 Å². The zero-order valence-corrected chi connectivity index (χ0v) is 15.7. The van der Waals surface area contributed by atoms with Gasteiger partial charge in [0.15, 0.2) is 16.8 Å². The van der Waals surface area contributed by atoms with Gasteiger partial charge in [0.1, 0.15) is 12.4 Å². The van der Waals surface area contributed by atoms with Crippen molar-refractivity contribution in [2.75, 3.05) is 5.75 Å². The first-order chi connectivity index (χ1) is 12.7. The van der Waals surface area contributed by atoms with Crippen LogP contribution in [-0.2, 0) is 13.2 Å². The van der Waals surface area contributed by atoms with Crippen molar-refractivity contribution in [1.29, 1.82) is 0 Å². The van der Waals surface area contributed by atoms with Crippen molar-refractivity contribution in [1.82, 2.24) is 14.8 Å². The lowest BCUT2D eigenvalue weighted by Gasteiger charge is -2.09. The van der Waals surface area contributed by atoms with Gasteiger partial charge in [-0.05, 0) is 26.0 Å². The van der Waals surface area contributed by atoms with E-state index < -0.39 is 0 Å². The minimum Gasteiger partial charge on any atom is -0.486 e. The minimum absolute atomic E-state index is 0.0821. The molecule has 1 aromatic heterocycles. The van der Waals surface area contributed by atoms with Crippen LogP contribution >= 0.6 is 11.8 Å². The molecule has 0 atom stereocenters. The first-order valence-corrected chi connectivity index (χ1v) is 9.48. The molecule has 0 aliphatic heterocycles. The average molecular weight is 367 g/mol. The predicted molar refractivity (Wildman–Crippen MR) is 103 cm³/mol. The Hall–Kier alpha value is -2.60. The number of hydrogen-bond acceptors (Lipinski definition) is 5. The number of Topliss-reactive ketones (excluding diaryl/α,β-unsaturated/α-hetero) is 1. The fourth-order valence-corrected chi connectivity index (χ4v) is 3.39. The maximum Gasteiger partial charge on any atom is 0.191 e. The van der Waals surface area contributed by atoms with E-state index in [-0.39, 0.29) is 5.78 Å². The van der Waals surface area contributed by atoms with Crippen molar-refractivity contribution in [3.63, 3.8) is 0 Å². The van der Waals surface area contributed by atoms with Gasteiger partial charge in [0.05, 0.1) is 5.75 Å². The molecule has 3 rings (SSSR count). The van der Waals surface area contributed by atoms with Crippen LogP contribution in [0.25, 0.3) is 0 Å². The number of hydrogen-bond donors (Lipinski definition) is 0. The van der Waals surface area contributed by atoms with Gasteiger partial charge in [-0.3, -0.25) is 4.79 Å². The molecule has 0 spiro atoms. The number of benzene rings is 2. The molecule has 1 heterocycles. The summed E-state index contributed by atoms with van der Waals surface area (Å²) in [5, 5.41) is 9.18. The highest BCUT2D eigenvalue weighted by molar-refractivity contribution is 7.99. The third-order valence-corrected chi connectivity index (χ3v) is 4.89. The number of thioether (sulfide) groups is 1. The lowest BCUT2D eigenvalue weighted by atomic mass is 10.2. The fraction of sp³-hybridized carbons (Fsp3) is 0.250. The second kappa shape index (κ2) is 8.67. The molecular formula is C20H21N3O2S. The molecule has 5 nitrogen and oxygen atoms in total. The van der Waals surface area contributed by atoms with E-state index in [0.717, 1.165) is 23.3 Å². The molecule has 26 heavy (non-hydrogen) atoms. The maximum atomic E-state index is 12.3. The monoisotopic (exact) mass is 367 g/mol. The Morgan fingerprint density at radius 2 is 1.81 bits per heavy atom. The van der Waals surface area contributed by atoms with Gasteiger partial charge in [0, 0.05) is 12.1 Å².